The van der Waals surface area contributed by atoms with Crippen molar-refractivity contribution in [2.45, 2.75) is 78.6 Å². The molecule has 0 N–H and O–H groups in total. The maximum absolute atomic E-state index is 11.5. The van der Waals surface area contributed by atoms with E-state index in [0.717, 1.165) is 11.1 Å². The molecule has 0 amide bonds. The summed E-state index contributed by atoms with van der Waals surface area (Å²) in [5.74, 6) is 0. The van der Waals surface area contributed by atoms with Crippen LogP contribution < -0.4 is 0 Å². The Morgan fingerprint density at radius 1 is 0.700 bits per heavy atom. The van der Waals surface area contributed by atoms with Gasteiger partial charge in [0.2, 0.25) is 0 Å². The molecule has 1 rings (SSSR count). The highest BCUT2D eigenvalue weighted by Gasteiger charge is 2.29. The predicted molar refractivity (Wildman–Crippen MR) is 88.0 cm³/mol. The van der Waals surface area contributed by atoms with E-state index in [9.17, 15) is 4.91 Å². The van der Waals surface area contributed by atoms with Crippen molar-refractivity contribution >= 4 is 5.69 Å². The van der Waals surface area contributed by atoms with Gasteiger partial charge in [-0.2, -0.15) is 0 Å². The molecule has 0 atom stereocenters. The molecule has 1 aromatic rings. The molecule has 0 aliphatic rings. The lowest BCUT2D eigenvalue weighted by Gasteiger charge is -2.31. The lowest BCUT2D eigenvalue weighted by Crippen LogP contribution is -2.21. The summed E-state index contributed by atoms with van der Waals surface area (Å²) in [5.41, 5.74) is 3.85. The summed E-state index contributed by atoms with van der Waals surface area (Å²) in [6.45, 7) is 19.4. The topological polar surface area (TPSA) is 29.4 Å². The van der Waals surface area contributed by atoms with Crippen LogP contribution in [0.15, 0.2) is 17.3 Å². The summed E-state index contributed by atoms with van der Waals surface area (Å²) in [7, 11) is 0. The van der Waals surface area contributed by atoms with Gasteiger partial charge >= 0.3 is 0 Å². The molecule has 0 aliphatic heterocycles. The van der Waals surface area contributed by atoms with Gasteiger partial charge in [0, 0.05) is 0 Å². The molecule has 112 valence electrons. The standard InChI is InChI=1S/C18H29NO/c1-16(2,3)12-10-13(17(4,5)6)15(19-20)14(11-12)18(7,8)9/h10-11H,1-9H3. The number of hydrogen-bond acceptors (Lipinski definition) is 2. The lowest BCUT2D eigenvalue weighted by atomic mass is 9.74. The first-order valence-corrected chi connectivity index (χ1v) is 7.31. The second kappa shape index (κ2) is 4.98. The van der Waals surface area contributed by atoms with Crippen molar-refractivity contribution in [2.24, 2.45) is 5.18 Å². The number of hydrogen-bond donors (Lipinski definition) is 0. The fraction of sp³-hybridized carbons (Fsp3) is 0.667. The summed E-state index contributed by atoms with van der Waals surface area (Å²) >= 11 is 0. The first-order valence-electron chi connectivity index (χ1n) is 7.31. The van der Waals surface area contributed by atoms with Crippen molar-refractivity contribution < 1.29 is 0 Å². The van der Waals surface area contributed by atoms with E-state index in [0.29, 0.717) is 5.69 Å². The Morgan fingerprint density at radius 3 is 1.25 bits per heavy atom. The summed E-state index contributed by atoms with van der Waals surface area (Å²) < 4.78 is 0. The second-order valence-electron chi connectivity index (χ2n) is 8.76. The Morgan fingerprint density at radius 2 is 1.05 bits per heavy atom. The molecule has 0 spiro atoms. The average Bonchev–Trinajstić information content (AvgIpc) is 2.23. The molecule has 20 heavy (non-hydrogen) atoms. The van der Waals surface area contributed by atoms with Gasteiger partial charge in [-0.15, -0.1) is 4.91 Å². The van der Waals surface area contributed by atoms with Gasteiger partial charge in [0.25, 0.3) is 0 Å². The van der Waals surface area contributed by atoms with E-state index in [-0.39, 0.29) is 16.2 Å². The van der Waals surface area contributed by atoms with E-state index in [4.69, 9.17) is 0 Å². The molecule has 0 radical (unpaired) electrons. The predicted octanol–water partition coefficient (Wildman–Crippen LogP) is 5.98. The van der Waals surface area contributed by atoms with E-state index in [1.54, 1.807) is 0 Å². The van der Waals surface area contributed by atoms with Crippen molar-refractivity contribution in [1.82, 2.24) is 0 Å². The van der Waals surface area contributed by atoms with Crippen LogP contribution >= 0.6 is 0 Å². The van der Waals surface area contributed by atoms with Gasteiger partial charge in [-0.05, 0) is 38.1 Å². The maximum Gasteiger partial charge on any atom is 0.115 e. The summed E-state index contributed by atoms with van der Waals surface area (Å²) in [6.07, 6.45) is 0. The normalized spacial score (nSPS) is 13.4. The fourth-order valence-corrected chi connectivity index (χ4v) is 2.31. The Hall–Kier alpha value is -1.18. The van der Waals surface area contributed by atoms with E-state index >= 15 is 0 Å². The van der Waals surface area contributed by atoms with E-state index in [2.05, 4.69) is 79.6 Å². The summed E-state index contributed by atoms with van der Waals surface area (Å²) in [4.78, 5) is 11.5. The lowest BCUT2D eigenvalue weighted by molar-refractivity contribution is 0.550. The number of nitrogens with zero attached hydrogens (tertiary/aromatic N) is 1. The molecule has 0 bridgehead atoms. The summed E-state index contributed by atoms with van der Waals surface area (Å²) in [6, 6.07) is 4.32. The highest BCUT2D eigenvalue weighted by atomic mass is 16.3. The van der Waals surface area contributed by atoms with Crippen molar-refractivity contribution in [1.29, 1.82) is 0 Å². The number of benzene rings is 1. The zero-order valence-electron chi connectivity index (χ0n) is 14.5. The van der Waals surface area contributed by atoms with Crippen LogP contribution in [0.4, 0.5) is 5.69 Å². The van der Waals surface area contributed by atoms with Gasteiger partial charge in [0.1, 0.15) is 5.69 Å². The minimum Gasteiger partial charge on any atom is -0.145 e. The first-order chi connectivity index (χ1) is 8.78. The third-order valence-corrected chi connectivity index (χ3v) is 3.68. The smallest absolute Gasteiger partial charge is 0.115 e. The van der Waals surface area contributed by atoms with Crippen molar-refractivity contribution in [3.05, 3.63) is 33.7 Å². The van der Waals surface area contributed by atoms with Gasteiger partial charge in [-0.3, -0.25) is 0 Å². The zero-order chi connectivity index (χ0) is 15.9. The highest BCUT2D eigenvalue weighted by molar-refractivity contribution is 5.60. The third kappa shape index (κ3) is 3.47. The van der Waals surface area contributed by atoms with Crippen LogP contribution in [0.2, 0.25) is 0 Å². The third-order valence-electron chi connectivity index (χ3n) is 3.68. The van der Waals surface area contributed by atoms with Crippen LogP contribution in [0.25, 0.3) is 0 Å². The fourth-order valence-electron chi connectivity index (χ4n) is 2.31. The molecule has 0 saturated carbocycles. The van der Waals surface area contributed by atoms with E-state index < -0.39 is 0 Å². The molecule has 1 aromatic carbocycles. The van der Waals surface area contributed by atoms with Crippen molar-refractivity contribution in [2.75, 3.05) is 0 Å². The van der Waals surface area contributed by atoms with Gasteiger partial charge in [-0.25, -0.2) is 0 Å². The van der Waals surface area contributed by atoms with Crippen LogP contribution in [-0.4, -0.2) is 0 Å². The molecule has 0 aliphatic carbocycles. The van der Waals surface area contributed by atoms with Gasteiger partial charge in [0.05, 0.1) is 0 Å². The van der Waals surface area contributed by atoms with Crippen LogP contribution in [0.3, 0.4) is 0 Å². The Kier molecular flexibility index (Phi) is 4.20. The van der Waals surface area contributed by atoms with Crippen molar-refractivity contribution in [3.8, 4) is 0 Å². The minimum absolute atomic E-state index is 0.0570. The Balaban J connectivity index is 3.80. The first kappa shape index (κ1) is 16.9. The molecule has 0 fully saturated rings. The highest BCUT2D eigenvalue weighted by Crippen LogP contribution is 2.42. The van der Waals surface area contributed by atoms with Crippen LogP contribution in [0, 0.1) is 4.91 Å². The van der Waals surface area contributed by atoms with Crippen LogP contribution in [0.5, 0.6) is 0 Å². The Bertz CT molecular complexity index is 473. The molecule has 0 aromatic heterocycles. The van der Waals surface area contributed by atoms with E-state index in [1.165, 1.54) is 5.56 Å². The largest absolute Gasteiger partial charge is 0.145 e. The second-order valence-corrected chi connectivity index (χ2v) is 8.76. The van der Waals surface area contributed by atoms with Gasteiger partial charge in [0.15, 0.2) is 0 Å². The molecule has 0 saturated heterocycles. The molecule has 2 nitrogen and oxygen atoms in total. The van der Waals surface area contributed by atoms with Gasteiger partial charge < -0.3 is 0 Å². The molecule has 2 heteroatoms. The quantitative estimate of drug-likeness (QED) is 0.580. The zero-order valence-corrected chi connectivity index (χ0v) is 14.5. The SMILES string of the molecule is CC(C)(C)c1cc(C(C)(C)C)c(N=O)c(C(C)(C)C)c1. The van der Waals surface area contributed by atoms with Crippen LogP contribution in [-0.2, 0) is 16.2 Å². The molecule has 0 unspecified atom stereocenters. The van der Waals surface area contributed by atoms with Gasteiger partial charge in [-0.1, -0.05) is 74.4 Å². The molecular weight excluding hydrogens is 246 g/mol. The molecular formula is C18H29NO. The molecule has 0 heterocycles. The monoisotopic (exact) mass is 275 g/mol. The number of rotatable bonds is 1. The van der Waals surface area contributed by atoms with Crippen LogP contribution in [0.1, 0.15) is 79.0 Å². The summed E-state index contributed by atoms with van der Waals surface area (Å²) in [5, 5.41) is 3.38. The average molecular weight is 275 g/mol. The van der Waals surface area contributed by atoms with E-state index in [1.807, 2.05) is 0 Å². The maximum atomic E-state index is 11.5. The Labute approximate surface area is 124 Å². The number of nitroso groups, excluding NO2 is 1. The van der Waals surface area contributed by atoms with Crippen molar-refractivity contribution in [3.63, 3.8) is 0 Å². The minimum atomic E-state index is -0.0928.